The Hall–Kier alpha value is -1.39. The smallest absolute Gasteiger partial charge is 0.266 e. The lowest BCUT2D eigenvalue weighted by Crippen LogP contribution is -2.43. The molecule has 17 heavy (non-hydrogen) atoms. The summed E-state index contributed by atoms with van der Waals surface area (Å²) in [5.41, 5.74) is 1.02. The summed E-state index contributed by atoms with van der Waals surface area (Å²) < 4.78 is 0. The van der Waals surface area contributed by atoms with Gasteiger partial charge in [-0.25, -0.2) is 5.06 Å². The van der Waals surface area contributed by atoms with Crippen LogP contribution in [0.15, 0.2) is 30.3 Å². The normalized spacial score (nSPS) is 24.7. The van der Waals surface area contributed by atoms with Crippen molar-refractivity contribution in [3.8, 4) is 0 Å². The highest BCUT2D eigenvalue weighted by molar-refractivity contribution is 5.83. The van der Waals surface area contributed by atoms with E-state index in [1.54, 1.807) is 7.05 Å². The highest BCUT2D eigenvalue weighted by atomic mass is 16.7. The maximum atomic E-state index is 12.0. The van der Waals surface area contributed by atoms with Crippen LogP contribution in [0.1, 0.15) is 25.5 Å². The second-order valence-electron chi connectivity index (χ2n) is 4.57. The topological polar surface area (TPSA) is 41.6 Å². The average molecular weight is 234 g/mol. The maximum absolute atomic E-state index is 12.0. The monoisotopic (exact) mass is 234 g/mol. The summed E-state index contributed by atoms with van der Waals surface area (Å²) in [6.07, 6.45) is -0.240. The average Bonchev–Trinajstić information content (AvgIpc) is 2.58. The molecule has 1 aromatic rings. The van der Waals surface area contributed by atoms with Gasteiger partial charge in [0.2, 0.25) is 0 Å². The number of nitrogens with zero attached hydrogens (tertiary/aromatic N) is 1. The summed E-state index contributed by atoms with van der Waals surface area (Å²) in [7, 11) is 1.65. The summed E-state index contributed by atoms with van der Waals surface area (Å²) in [6.45, 7) is 4.04. The standard InChI is InChI=1S/C13H18N2O2/c1-9(2)14-11-12(17-15(3)13(11)16)10-7-5-4-6-8-10/h4-9,11-12,14H,1-3H3/t11-,12-/m1/s1. The van der Waals surface area contributed by atoms with Crippen LogP contribution in [0.4, 0.5) is 0 Å². The van der Waals surface area contributed by atoms with Crippen molar-refractivity contribution >= 4 is 5.91 Å². The number of benzene rings is 1. The van der Waals surface area contributed by atoms with Gasteiger partial charge in [-0.1, -0.05) is 44.2 Å². The van der Waals surface area contributed by atoms with Crippen LogP contribution >= 0.6 is 0 Å². The Bertz CT molecular complexity index is 392. The maximum Gasteiger partial charge on any atom is 0.266 e. The van der Waals surface area contributed by atoms with Gasteiger partial charge in [0.1, 0.15) is 12.1 Å². The Kier molecular flexibility index (Phi) is 3.45. The number of hydrogen-bond donors (Lipinski definition) is 1. The van der Waals surface area contributed by atoms with E-state index in [2.05, 4.69) is 5.32 Å². The van der Waals surface area contributed by atoms with E-state index in [1.807, 2.05) is 44.2 Å². The van der Waals surface area contributed by atoms with Gasteiger partial charge in [0.25, 0.3) is 5.91 Å². The third-order valence-electron chi connectivity index (χ3n) is 2.79. The Labute approximate surface area is 102 Å². The molecule has 4 heteroatoms. The first-order valence-electron chi connectivity index (χ1n) is 5.85. The molecular formula is C13H18N2O2. The summed E-state index contributed by atoms with van der Waals surface area (Å²) in [5, 5.41) is 4.57. The van der Waals surface area contributed by atoms with Crippen molar-refractivity contribution in [1.29, 1.82) is 0 Å². The van der Waals surface area contributed by atoms with Crippen molar-refractivity contribution in [2.75, 3.05) is 7.05 Å². The van der Waals surface area contributed by atoms with E-state index < -0.39 is 0 Å². The lowest BCUT2D eigenvalue weighted by molar-refractivity contribution is -0.164. The van der Waals surface area contributed by atoms with E-state index in [0.717, 1.165) is 5.56 Å². The molecule has 92 valence electrons. The van der Waals surface area contributed by atoms with Crippen molar-refractivity contribution in [2.24, 2.45) is 0 Å². The van der Waals surface area contributed by atoms with Crippen LogP contribution in [0.3, 0.4) is 0 Å². The molecule has 0 unspecified atom stereocenters. The van der Waals surface area contributed by atoms with Crippen LogP contribution in [-0.4, -0.2) is 30.1 Å². The second kappa shape index (κ2) is 4.85. The largest absolute Gasteiger partial charge is 0.301 e. The molecule has 1 amide bonds. The molecule has 1 fully saturated rings. The molecule has 0 bridgehead atoms. The number of rotatable bonds is 3. The number of amides is 1. The molecule has 0 aromatic heterocycles. The fourth-order valence-corrected chi connectivity index (χ4v) is 2.02. The van der Waals surface area contributed by atoms with Crippen molar-refractivity contribution in [1.82, 2.24) is 10.4 Å². The molecule has 4 nitrogen and oxygen atoms in total. The molecule has 1 N–H and O–H groups in total. The fourth-order valence-electron chi connectivity index (χ4n) is 2.02. The molecule has 0 aliphatic carbocycles. The van der Waals surface area contributed by atoms with Gasteiger partial charge in [-0.05, 0) is 5.56 Å². The number of nitrogens with one attached hydrogen (secondary N) is 1. The van der Waals surface area contributed by atoms with E-state index >= 15 is 0 Å². The van der Waals surface area contributed by atoms with Crippen LogP contribution < -0.4 is 5.32 Å². The molecule has 2 atom stereocenters. The SMILES string of the molecule is CC(C)N[C@H]1C(=O)N(C)O[C@@H]1c1ccccc1. The van der Waals surface area contributed by atoms with Crippen LogP contribution in [-0.2, 0) is 9.63 Å². The molecule has 1 aromatic carbocycles. The van der Waals surface area contributed by atoms with Crippen LogP contribution in [0, 0.1) is 0 Å². The van der Waals surface area contributed by atoms with Crippen molar-refractivity contribution in [2.45, 2.75) is 32.0 Å². The minimum absolute atomic E-state index is 0.0208. The zero-order valence-electron chi connectivity index (χ0n) is 10.4. The highest BCUT2D eigenvalue weighted by Gasteiger charge is 2.41. The molecule has 1 aliphatic rings. The minimum Gasteiger partial charge on any atom is -0.301 e. The number of hydrogen-bond acceptors (Lipinski definition) is 3. The van der Waals surface area contributed by atoms with Crippen molar-refractivity contribution in [3.05, 3.63) is 35.9 Å². The quantitative estimate of drug-likeness (QED) is 0.861. The van der Waals surface area contributed by atoms with Crippen molar-refractivity contribution < 1.29 is 9.63 Å². The fraction of sp³-hybridized carbons (Fsp3) is 0.462. The van der Waals surface area contributed by atoms with Crippen molar-refractivity contribution in [3.63, 3.8) is 0 Å². The molecule has 1 saturated heterocycles. The predicted octanol–water partition coefficient (Wildman–Crippen LogP) is 1.50. The summed E-state index contributed by atoms with van der Waals surface area (Å²) >= 11 is 0. The first-order valence-corrected chi connectivity index (χ1v) is 5.85. The van der Waals surface area contributed by atoms with E-state index in [0.29, 0.717) is 0 Å². The Morgan fingerprint density at radius 3 is 2.53 bits per heavy atom. The second-order valence-corrected chi connectivity index (χ2v) is 4.57. The van der Waals surface area contributed by atoms with Gasteiger partial charge < -0.3 is 5.32 Å². The molecule has 1 aliphatic heterocycles. The van der Waals surface area contributed by atoms with E-state index in [1.165, 1.54) is 5.06 Å². The van der Waals surface area contributed by atoms with E-state index in [9.17, 15) is 4.79 Å². The third-order valence-corrected chi connectivity index (χ3v) is 2.79. The minimum atomic E-state index is -0.303. The predicted molar refractivity (Wildman–Crippen MR) is 65.1 cm³/mol. The Balaban J connectivity index is 2.23. The summed E-state index contributed by atoms with van der Waals surface area (Å²) in [4.78, 5) is 17.6. The number of likely N-dealkylation sites (N-methyl/N-ethyl adjacent to an activating group) is 1. The zero-order chi connectivity index (χ0) is 12.4. The molecule has 0 spiro atoms. The van der Waals surface area contributed by atoms with Gasteiger partial charge in [0, 0.05) is 13.1 Å². The van der Waals surface area contributed by atoms with Crippen LogP contribution in [0.2, 0.25) is 0 Å². The summed E-state index contributed by atoms with van der Waals surface area (Å²) in [5.74, 6) is -0.0208. The zero-order valence-corrected chi connectivity index (χ0v) is 10.4. The van der Waals surface area contributed by atoms with Gasteiger partial charge in [-0.15, -0.1) is 0 Å². The van der Waals surface area contributed by atoms with Gasteiger partial charge in [0.05, 0.1) is 0 Å². The van der Waals surface area contributed by atoms with Crippen LogP contribution in [0.5, 0.6) is 0 Å². The number of carbonyl (C=O) groups is 1. The lowest BCUT2D eigenvalue weighted by Gasteiger charge is -2.18. The number of carbonyl (C=O) groups excluding carboxylic acids is 1. The molecular weight excluding hydrogens is 216 g/mol. The first kappa shape index (κ1) is 12.1. The third kappa shape index (κ3) is 2.48. The van der Waals surface area contributed by atoms with Gasteiger partial charge >= 0.3 is 0 Å². The molecule has 0 radical (unpaired) electrons. The van der Waals surface area contributed by atoms with Gasteiger partial charge in [-0.3, -0.25) is 9.63 Å². The van der Waals surface area contributed by atoms with Gasteiger partial charge in [0.15, 0.2) is 0 Å². The number of hydroxylamine groups is 2. The molecule has 0 saturated carbocycles. The Morgan fingerprint density at radius 2 is 1.94 bits per heavy atom. The molecule has 1 heterocycles. The first-order chi connectivity index (χ1) is 8.09. The molecule has 2 rings (SSSR count). The lowest BCUT2D eigenvalue weighted by atomic mass is 10.0. The van der Waals surface area contributed by atoms with Crippen LogP contribution in [0.25, 0.3) is 0 Å². The van der Waals surface area contributed by atoms with Gasteiger partial charge in [-0.2, -0.15) is 0 Å². The van der Waals surface area contributed by atoms with E-state index in [4.69, 9.17) is 4.84 Å². The Morgan fingerprint density at radius 1 is 1.29 bits per heavy atom. The highest BCUT2D eigenvalue weighted by Crippen LogP contribution is 2.29. The summed E-state index contributed by atoms with van der Waals surface area (Å²) in [6, 6.07) is 9.75. The van der Waals surface area contributed by atoms with E-state index in [-0.39, 0.29) is 24.1 Å².